The Hall–Kier alpha value is -0.363. The lowest BCUT2D eigenvalue weighted by Crippen LogP contribution is -2.26. The molecule has 0 N–H and O–H groups in total. The fourth-order valence-electron chi connectivity index (χ4n) is 2.11. The highest BCUT2D eigenvalue weighted by Crippen LogP contribution is 2.26. The summed E-state index contributed by atoms with van der Waals surface area (Å²) in [5.41, 5.74) is 0. The Labute approximate surface area is 124 Å². The van der Waals surface area contributed by atoms with E-state index >= 15 is 0 Å². The first-order chi connectivity index (χ1) is 9.51. The summed E-state index contributed by atoms with van der Waals surface area (Å²) in [6.07, 6.45) is 5.55. The zero-order valence-corrected chi connectivity index (χ0v) is 14.4. The first-order valence-corrected chi connectivity index (χ1v) is 10.9. The van der Waals surface area contributed by atoms with Crippen LogP contribution in [0.2, 0.25) is 19.6 Å². The van der Waals surface area contributed by atoms with Gasteiger partial charge in [-0.15, -0.1) is 0 Å². The van der Waals surface area contributed by atoms with Gasteiger partial charge in [-0.25, -0.2) is 0 Å². The summed E-state index contributed by atoms with van der Waals surface area (Å²) >= 11 is 0. The van der Waals surface area contributed by atoms with Gasteiger partial charge in [-0.05, 0) is 44.5 Å². The first-order valence-electron chi connectivity index (χ1n) is 7.54. The molecule has 0 amide bonds. The summed E-state index contributed by atoms with van der Waals surface area (Å²) < 4.78 is 22.0. The van der Waals surface area contributed by atoms with E-state index in [1.165, 1.54) is 12.2 Å². The quantitative estimate of drug-likeness (QED) is 0.459. The second kappa shape index (κ2) is 9.55. The second-order valence-corrected chi connectivity index (χ2v) is 10.6. The van der Waals surface area contributed by atoms with Crippen LogP contribution < -0.4 is 0 Å². The molecule has 20 heavy (non-hydrogen) atoms. The predicted octanol–water partition coefficient (Wildman–Crippen LogP) is 3.20. The summed E-state index contributed by atoms with van der Waals surface area (Å²) in [5, 5.41) is 0. The molecule has 0 saturated heterocycles. The van der Waals surface area contributed by atoms with Crippen LogP contribution >= 0.6 is 0 Å². The van der Waals surface area contributed by atoms with E-state index in [4.69, 9.17) is 18.6 Å². The van der Waals surface area contributed by atoms with Gasteiger partial charge in [0, 0.05) is 20.1 Å². The lowest BCUT2D eigenvalue weighted by atomic mass is 9.94. The van der Waals surface area contributed by atoms with Crippen molar-refractivity contribution in [2.75, 3.05) is 40.1 Å². The Kier molecular flexibility index (Phi) is 8.45. The zero-order chi connectivity index (χ0) is 14.8. The molecule has 0 aromatic rings. The summed E-state index contributed by atoms with van der Waals surface area (Å²) in [7, 11) is 0.237. The van der Waals surface area contributed by atoms with E-state index in [2.05, 4.69) is 25.7 Å². The molecule has 0 spiro atoms. The van der Waals surface area contributed by atoms with Gasteiger partial charge in [-0.1, -0.05) is 0 Å². The van der Waals surface area contributed by atoms with Gasteiger partial charge in [0.25, 0.3) is 0 Å². The number of rotatable bonds is 10. The first kappa shape index (κ1) is 17.7. The van der Waals surface area contributed by atoms with Crippen molar-refractivity contribution in [3.8, 4) is 0 Å². The largest absolute Gasteiger partial charge is 0.548 e. The molecule has 4 nitrogen and oxygen atoms in total. The molecule has 0 heterocycles. The number of allylic oxidation sites excluding steroid dienone is 2. The van der Waals surface area contributed by atoms with Crippen molar-refractivity contribution in [3.05, 3.63) is 11.8 Å². The molecule has 1 aliphatic rings. The molecule has 0 fully saturated rings. The molecule has 1 aliphatic carbocycles. The Balaban J connectivity index is 2.04. The van der Waals surface area contributed by atoms with Crippen molar-refractivity contribution in [2.45, 2.75) is 38.9 Å². The Bertz CT molecular complexity index is 286. The molecular weight excluding hydrogens is 272 g/mol. The van der Waals surface area contributed by atoms with Crippen LogP contribution in [-0.4, -0.2) is 48.5 Å². The fraction of sp³-hybridized carbons (Fsp3) is 0.867. The average molecular weight is 302 g/mol. The van der Waals surface area contributed by atoms with Gasteiger partial charge in [-0.2, -0.15) is 0 Å². The maximum Gasteiger partial charge on any atom is 0.241 e. The molecule has 118 valence electrons. The van der Waals surface area contributed by atoms with E-state index in [9.17, 15) is 0 Å². The lowest BCUT2D eigenvalue weighted by molar-refractivity contribution is 0.0142. The third-order valence-electron chi connectivity index (χ3n) is 3.07. The predicted molar refractivity (Wildman–Crippen MR) is 83.4 cm³/mol. The normalized spacial score (nSPS) is 19.8. The van der Waals surface area contributed by atoms with Crippen LogP contribution in [0.25, 0.3) is 0 Å². The van der Waals surface area contributed by atoms with Gasteiger partial charge < -0.3 is 18.6 Å². The van der Waals surface area contributed by atoms with Gasteiger partial charge in [0.15, 0.2) is 0 Å². The minimum atomic E-state index is -1.44. The highest BCUT2D eigenvalue weighted by molar-refractivity contribution is 6.70. The maximum atomic E-state index is 6.03. The molecule has 0 aromatic heterocycles. The molecule has 0 unspecified atom stereocenters. The van der Waals surface area contributed by atoms with Crippen molar-refractivity contribution in [1.82, 2.24) is 0 Å². The molecular formula is C15H30O4Si. The monoisotopic (exact) mass is 302 g/mol. The van der Waals surface area contributed by atoms with Crippen molar-refractivity contribution >= 4 is 8.32 Å². The van der Waals surface area contributed by atoms with E-state index < -0.39 is 8.32 Å². The van der Waals surface area contributed by atoms with E-state index in [0.29, 0.717) is 32.3 Å². The number of methoxy groups -OCH3 is 1. The van der Waals surface area contributed by atoms with Crippen molar-refractivity contribution in [1.29, 1.82) is 0 Å². The van der Waals surface area contributed by atoms with Crippen LogP contribution in [-0.2, 0) is 18.6 Å². The lowest BCUT2D eigenvalue weighted by Gasteiger charge is -2.27. The zero-order valence-electron chi connectivity index (χ0n) is 13.4. The molecule has 0 aliphatic heterocycles. The SMILES string of the molecule is COCCOCCOC[C@H]1CC=C(O[Si](C)(C)C)CC1. The Morgan fingerprint density at radius 1 is 1.10 bits per heavy atom. The average Bonchev–Trinajstić information content (AvgIpc) is 2.38. The summed E-state index contributed by atoms with van der Waals surface area (Å²) in [6.45, 7) is 10.1. The van der Waals surface area contributed by atoms with Crippen molar-refractivity contribution in [2.24, 2.45) is 5.92 Å². The Morgan fingerprint density at radius 3 is 2.40 bits per heavy atom. The van der Waals surface area contributed by atoms with Gasteiger partial charge in [0.05, 0.1) is 32.2 Å². The Morgan fingerprint density at radius 2 is 1.80 bits per heavy atom. The smallest absolute Gasteiger partial charge is 0.241 e. The minimum absolute atomic E-state index is 0.628. The van der Waals surface area contributed by atoms with E-state index in [0.717, 1.165) is 19.4 Å². The highest BCUT2D eigenvalue weighted by Gasteiger charge is 2.21. The van der Waals surface area contributed by atoms with E-state index in [1.54, 1.807) is 7.11 Å². The summed E-state index contributed by atoms with van der Waals surface area (Å²) in [6, 6.07) is 0. The maximum absolute atomic E-state index is 6.03. The molecule has 1 atom stereocenters. The fourth-order valence-corrected chi connectivity index (χ4v) is 3.09. The van der Waals surface area contributed by atoms with Crippen LogP contribution in [0.4, 0.5) is 0 Å². The summed E-state index contributed by atoms with van der Waals surface area (Å²) in [5.74, 6) is 1.83. The molecule has 0 saturated carbocycles. The van der Waals surface area contributed by atoms with Crippen LogP contribution in [0, 0.1) is 5.92 Å². The minimum Gasteiger partial charge on any atom is -0.548 e. The molecule has 0 radical (unpaired) electrons. The van der Waals surface area contributed by atoms with Gasteiger partial charge >= 0.3 is 0 Å². The third kappa shape index (κ3) is 8.74. The summed E-state index contributed by atoms with van der Waals surface area (Å²) in [4.78, 5) is 0. The third-order valence-corrected chi connectivity index (χ3v) is 3.95. The standard InChI is InChI=1S/C15H30O4Si/c1-16-9-10-17-11-12-18-13-14-5-7-15(8-6-14)19-20(2,3)4/h7,14H,5-6,8-13H2,1-4H3/t14-/m0/s1. The van der Waals surface area contributed by atoms with E-state index in [-0.39, 0.29) is 0 Å². The molecule has 0 aromatic carbocycles. The van der Waals surface area contributed by atoms with Crippen LogP contribution in [0.1, 0.15) is 19.3 Å². The molecule has 1 rings (SSSR count). The van der Waals surface area contributed by atoms with E-state index in [1.807, 2.05) is 0 Å². The number of hydrogen-bond acceptors (Lipinski definition) is 4. The second-order valence-electron chi connectivity index (χ2n) is 6.21. The van der Waals surface area contributed by atoms with Crippen molar-refractivity contribution < 1.29 is 18.6 Å². The van der Waals surface area contributed by atoms with Crippen LogP contribution in [0.5, 0.6) is 0 Å². The number of ether oxygens (including phenoxy) is 3. The number of hydrogen-bond donors (Lipinski definition) is 0. The van der Waals surface area contributed by atoms with Gasteiger partial charge in [0.2, 0.25) is 8.32 Å². The van der Waals surface area contributed by atoms with Crippen LogP contribution in [0.3, 0.4) is 0 Å². The van der Waals surface area contributed by atoms with Crippen molar-refractivity contribution in [3.63, 3.8) is 0 Å². The van der Waals surface area contributed by atoms with Crippen LogP contribution in [0.15, 0.2) is 11.8 Å². The molecule has 0 bridgehead atoms. The van der Waals surface area contributed by atoms with Gasteiger partial charge in [-0.3, -0.25) is 0 Å². The molecule has 5 heteroatoms. The van der Waals surface area contributed by atoms with Gasteiger partial charge in [0.1, 0.15) is 0 Å². The highest BCUT2D eigenvalue weighted by atomic mass is 28.4. The topological polar surface area (TPSA) is 36.9 Å².